The maximum absolute atomic E-state index is 13.3. The molecule has 3 aromatic rings. The highest BCUT2D eigenvalue weighted by Gasteiger charge is 2.36. The van der Waals surface area contributed by atoms with E-state index >= 15 is 0 Å². The lowest BCUT2D eigenvalue weighted by atomic mass is 9.95. The minimum absolute atomic E-state index is 0.0536. The Kier molecular flexibility index (Phi) is 5.04. The van der Waals surface area contributed by atoms with Crippen LogP contribution in [0.5, 0.6) is 0 Å². The molecule has 2 aromatic carbocycles. The zero-order valence-electron chi connectivity index (χ0n) is 16.4. The molecule has 30 heavy (non-hydrogen) atoms. The third-order valence-corrected chi connectivity index (χ3v) is 8.48. The SMILES string of the molecule is O=C([C@@H]1CCCN(S(=O)(=O)c2cccc3nsnc23)C1)N1CCc2ccccc2C1. The number of sulfonamides is 1. The van der Waals surface area contributed by atoms with Gasteiger partial charge in [0.1, 0.15) is 15.9 Å². The molecule has 2 aliphatic rings. The van der Waals surface area contributed by atoms with Crippen LogP contribution in [0, 0.1) is 5.92 Å². The summed E-state index contributed by atoms with van der Waals surface area (Å²) in [6.45, 7) is 1.92. The van der Waals surface area contributed by atoms with Gasteiger partial charge in [0, 0.05) is 26.2 Å². The topological polar surface area (TPSA) is 83.5 Å². The van der Waals surface area contributed by atoms with Crippen molar-refractivity contribution in [3.63, 3.8) is 0 Å². The molecule has 3 heterocycles. The lowest BCUT2D eigenvalue weighted by Crippen LogP contribution is -2.47. The Balaban J connectivity index is 1.36. The third-order valence-electron chi connectivity index (χ3n) is 6.04. The summed E-state index contributed by atoms with van der Waals surface area (Å²) in [7, 11) is -3.74. The minimum atomic E-state index is -3.74. The quantitative estimate of drug-likeness (QED) is 0.623. The van der Waals surface area contributed by atoms with Crippen LogP contribution in [-0.2, 0) is 27.8 Å². The smallest absolute Gasteiger partial charge is 0.245 e. The van der Waals surface area contributed by atoms with Gasteiger partial charge in [0.2, 0.25) is 15.9 Å². The zero-order chi connectivity index (χ0) is 20.7. The molecule has 9 heteroatoms. The van der Waals surface area contributed by atoms with E-state index < -0.39 is 10.0 Å². The van der Waals surface area contributed by atoms with E-state index in [1.165, 1.54) is 15.4 Å². The lowest BCUT2D eigenvalue weighted by molar-refractivity contribution is -0.137. The number of fused-ring (bicyclic) bond motifs is 2. The van der Waals surface area contributed by atoms with Crippen LogP contribution in [0.1, 0.15) is 24.0 Å². The Morgan fingerprint density at radius 1 is 1.03 bits per heavy atom. The molecule has 1 aromatic heterocycles. The van der Waals surface area contributed by atoms with E-state index in [1.807, 2.05) is 17.0 Å². The van der Waals surface area contributed by atoms with Crippen molar-refractivity contribution in [3.8, 4) is 0 Å². The molecule has 0 radical (unpaired) electrons. The molecule has 0 aliphatic carbocycles. The first kappa shape index (κ1) is 19.6. The summed E-state index contributed by atoms with van der Waals surface area (Å²) >= 11 is 1.00. The van der Waals surface area contributed by atoms with E-state index in [0.29, 0.717) is 43.5 Å². The van der Waals surface area contributed by atoms with Crippen molar-refractivity contribution in [1.29, 1.82) is 0 Å². The fraction of sp³-hybridized carbons (Fsp3) is 0.381. The van der Waals surface area contributed by atoms with E-state index in [1.54, 1.807) is 18.2 Å². The number of hydrogen-bond donors (Lipinski definition) is 0. The summed E-state index contributed by atoms with van der Waals surface area (Å²) in [5.41, 5.74) is 3.46. The summed E-state index contributed by atoms with van der Waals surface area (Å²) in [6.07, 6.45) is 2.23. The average Bonchev–Trinajstić information content (AvgIpc) is 3.27. The highest BCUT2D eigenvalue weighted by Crippen LogP contribution is 2.29. The minimum Gasteiger partial charge on any atom is -0.338 e. The molecule has 0 N–H and O–H groups in total. The second kappa shape index (κ2) is 7.72. The van der Waals surface area contributed by atoms with E-state index in [4.69, 9.17) is 0 Å². The van der Waals surface area contributed by atoms with Gasteiger partial charge >= 0.3 is 0 Å². The van der Waals surface area contributed by atoms with Crippen LogP contribution in [0.4, 0.5) is 0 Å². The van der Waals surface area contributed by atoms with Crippen molar-refractivity contribution in [1.82, 2.24) is 18.0 Å². The zero-order valence-corrected chi connectivity index (χ0v) is 18.0. The number of hydrogen-bond acceptors (Lipinski definition) is 6. The molecule has 1 saturated heterocycles. The largest absolute Gasteiger partial charge is 0.338 e. The second-order valence-corrected chi connectivity index (χ2v) is 10.3. The molecule has 1 fully saturated rings. The number of carbonyl (C=O) groups excluding carboxylic acids is 1. The summed E-state index contributed by atoms with van der Waals surface area (Å²) < 4.78 is 36.5. The number of rotatable bonds is 3. The van der Waals surface area contributed by atoms with Gasteiger partial charge in [-0.3, -0.25) is 4.79 Å². The molecular weight excluding hydrogens is 420 g/mol. The highest BCUT2D eigenvalue weighted by molar-refractivity contribution is 7.89. The molecular formula is C21H22N4O3S2. The van der Waals surface area contributed by atoms with Crippen LogP contribution in [0.2, 0.25) is 0 Å². The first-order valence-electron chi connectivity index (χ1n) is 10.1. The highest BCUT2D eigenvalue weighted by atomic mass is 32.2. The van der Waals surface area contributed by atoms with Gasteiger partial charge in [-0.05, 0) is 42.5 Å². The van der Waals surface area contributed by atoms with Crippen LogP contribution in [0.3, 0.4) is 0 Å². The van der Waals surface area contributed by atoms with Gasteiger partial charge in [-0.2, -0.15) is 13.1 Å². The van der Waals surface area contributed by atoms with Gasteiger partial charge in [0.25, 0.3) is 0 Å². The predicted octanol–water partition coefficient (Wildman–Crippen LogP) is 2.68. The number of benzene rings is 2. The number of nitrogens with zero attached hydrogens (tertiary/aromatic N) is 4. The molecule has 0 unspecified atom stereocenters. The normalized spacial score (nSPS) is 20.3. The Morgan fingerprint density at radius 2 is 1.87 bits per heavy atom. The van der Waals surface area contributed by atoms with Crippen LogP contribution in [-0.4, -0.2) is 51.9 Å². The molecule has 156 valence electrons. The standard InChI is InChI=1S/C21H22N4O3S2/c26-21(24-12-10-15-5-1-2-6-16(15)13-24)17-7-4-11-25(14-17)30(27,28)19-9-3-8-18-20(19)23-29-22-18/h1-3,5-6,8-9,17H,4,7,10-14H2/t17-/m1/s1. The molecule has 0 bridgehead atoms. The van der Waals surface area contributed by atoms with Gasteiger partial charge in [-0.1, -0.05) is 30.3 Å². The van der Waals surface area contributed by atoms with Crippen LogP contribution in [0.25, 0.3) is 11.0 Å². The lowest BCUT2D eigenvalue weighted by Gasteiger charge is -2.36. The van der Waals surface area contributed by atoms with E-state index in [0.717, 1.165) is 18.1 Å². The summed E-state index contributed by atoms with van der Waals surface area (Å²) in [5.74, 6) is -0.260. The van der Waals surface area contributed by atoms with Crippen LogP contribution >= 0.6 is 11.7 Å². The van der Waals surface area contributed by atoms with Gasteiger partial charge in [0.05, 0.1) is 17.6 Å². The van der Waals surface area contributed by atoms with Crippen molar-refractivity contribution < 1.29 is 13.2 Å². The van der Waals surface area contributed by atoms with Crippen molar-refractivity contribution in [3.05, 3.63) is 53.6 Å². The van der Waals surface area contributed by atoms with Crippen LogP contribution < -0.4 is 0 Å². The number of aromatic nitrogens is 2. The third kappa shape index (κ3) is 3.40. The van der Waals surface area contributed by atoms with Crippen molar-refractivity contribution in [2.24, 2.45) is 5.92 Å². The van der Waals surface area contributed by atoms with Crippen molar-refractivity contribution in [2.45, 2.75) is 30.7 Å². The fourth-order valence-corrected chi connectivity index (χ4v) is 6.71. The first-order chi connectivity index (χ1) is 14.5. The molecule has 0 saturated carbocycles. The Hall–Kier alpha value is -2.36. The number of amides is 1. The maximum atomic E-state index is 13.3. The van der Waals surface area contributed by atoms with E-state index in [9.17, 15) is 13.2 Å². The molecule has 0 spiro atoms. The molecule has 5 rings (SSSR count). The molecule has 1 atom stereocenters. The van der Waals surface area contributed by atoms with Crippen LogP contribution in [0.15, 0.2) is 47.4 Å². The van der Waals surface area contributed by atoms with Gasteiger partial charge in [-0.15, -0.1) is 0 Å². The summed E-state index contributed by atoms with van der Waals surface area (Å²) in [5, 5.41) is 0. The summed E-state index contributed by atoms with van der Waals surface area (Å²) in [6, 6.07) is 13.2. The average molecular weight is 443 g/mol. The Morgan fingerprint density at radius 3 is 2.73 bits per heavy atom. The first-order valence-corrected chi connectivity index (χ1v) is 12.3. The van der Waals surface area contributed by atoms with Gasteiger partial charge in [-0.25, -0.2) is 8.42 Å². The van der Waals surface area contributed by atoms with Crippen molar-refractivity contribution in [2.75, 3.05) is 19.6 Å². The van der Waals surface area contributed by atoms with E-state index in [-0.39, 0.29) is 23.3 Å². The maximum Gasteiger partial charge on any atom is 0.245 e. The monoisotopic (exact) mass is 442 g/mol. The predicted molar refractivity (Wildman–Crippen MR) is 114 cm³/mol. The molecule has 7 nitrogen and oxygen atoms in total. The Bertz CT molecular complexity index is 1210. The molecule has 1 amide bonds. The Labute approximate surface area is 179 Å². The number of carbonyl (C=O) groups is 1. The fourth-order valence-electron chi connectivity index (χ4n) is 4.43. The van der Waals surface area contributed by atoms with E-state index in [2.05, 4.69) is 20.9 Å². The van der Waals surface area contributed by atoms with Crippen molar-refractivity contribution >= 4 is 38.7 Å². The number of piperidine rings is 1. The second-order valence-electron chi connectivity index (χ2n) is 7.87. The van der Waals surface area contributed by atoms with Gasteiger partial charge < -0.3 is 4.90 Å². The molecule has 2 aliphatic heterocycles. The van der Waals surface area contributed by atoms with Gasteiger partial charge in [0.15, 0.2) is 0 Å². The summed E-state index contributed by atoms with van der Waals surface area (Å²) in [4.78, 5) is 15.3.